The number of aromatic nitrogens is 4. The van der Waals surface area contributed by atoms with Crippen LogP contribution in [0.5, 0.6) is 0 Å². The topological polar surface area (TPSA) is 171 Å². The Morgan fingerprint density at radius 3 is 2.54 bits per heavy atom. The Morgan fingerprint density at radius 1 is 1.18 bits per heavy atom. The Hall–Kier alpha value is -2.49. The molecule has 3 aromatic heterocycles. The molecule has 0 radical (unpaired) electrons. The van der Waals surface area contributed by atoms with Crippen molar-refractivity contribution in [2.75, 3.05) is 30.6 Å². The number of hydrogen-bond acceptors (Lipinski definition) is 12. The van der Waals surface area contributed by atoms with Crippen LogP contribution in [0.2, 0.25) is 0 Å². The highest BCUT2D eigenvalue weighted by Crippen LogP contribution is 2.40. The number of aliphatic hydroxyl groups is 2. The minimum absolute atomic E-state index is 0.0598. The fraction of sp³-hybridized carbons (Fsp3) is 0.600. The lowest BCUT2D eigenvalue weighted by Gasteiger charge is -2.34. The minimum atomic E-state index is -3.54. The summed E-state index contributed by atoms with van der Waals surface area (Å²) in [6.07, 6.45) is 0.797. The van der Waals surface area contributed by atoms with Crippen molar-refractivity contribution < 1.29 is 23.4 Å². The van der Waals surface area contributed by atoms with E-state index in [2.05, 4.69) is 25.3 Å². The molecule has 1 saturated carbocycles. The fourth-order valence-electron chi connectivity index (χ4n) is 5.22. The summed E-state index contributed by atoms with van der Waals surface area (Å²) in [5, 5.41) is 29.2. The molecule has 3 aromatic rings. The Balaban J connectivity index is 1.74. The third kappa shape index (κ3) is 6.47. The smallest absolute Gasteiger partial charge is 0.225 e. The standard InChI is InChI=1S/C25H37N7O5S2/c1-12(11-37-6)27-24-28-13(2)18(23-30-19-14(3)26-9-8-17(19)38-23)22(31-24)29-16-10-15(20(33)21(16)34)25(4,5)32-39(7,35)36/h8-9,12,15-16,20-21,32-34H,10-11H2,1-7H3,(H2,27,28,29,31)/t12-,15+,16-,20-,21+/m1/s1. The van der Waals surface area contributed by atoms with Crippen LogP contribution in [-0.2, 0) is 14.8 Å². The van der Waals surface area contributed by atoms with E-state index in [0.717, 1.165) is 22.2 Å². The maximum Gasteiger partial charge on any atom is 0.225 e. The number of sulfonamides is 1. The monoisotopic (exact) mass is 579 g/mol. The van der Waals surface area contributed by atoms with E-state index in [4.69, 9.17) is 14.7 Å². The van der Waals surface area contributed by atoms with Crippen molar-refractivity contribution in [1.82, 2.24) is 24.7 Å². The van der Waals surface area contributed by atoms with Crippen LogP contribution >= 0.6 is 11.3 Å². The van der Waals surface area contributed by atoms with E-state index in [0.29, 0.717) is 41.1 Å². The normalized spacial score (nSPS) is 22.8. The van der Waals surface area contributed by atoms with Crippen LogP contribution in [-0.4, -0.2) is 88.4 Å². The summed E-state index contributed by atoms with van der Waals surface area (Å²) in [6.45, 7) is 9.58. The zero-order valence-electron chi connectivity index (χ0n) is 23.2. The van der Waals surface area contributed by atoms with Gasteiger partial charge in [0.25, 0.3) is 0 Å². The van der Waals surface area contributed by atoms with Crippen molar-refractivity contribution in [3.8, 4) is 10.6 Å². The van der Waals surface area contributed by atoms with Crippen molar-refractivity contribution in [1.29, 1.82) is 0 Å². The highest BCUT2D eigenvalue weighted by molar-refractivity contribution is 7.88. The molecule has 0 spiro atoms. The predicted octanol–water partition coefficient (Wildman–Crippen LogP) is 2.06. The Labute approximate surface area is 232 Å². The lowest BCUT2D eigenvalue weighted by Crippen LogP contribution is -2.52. The summed E-state index contributed by atoms with van der Waals surface area (Å²) in [5.74, 6) is 0.276. The molecular weight excluding hydrogens is 542 g/mol. The number of hydrogen-bond donors (Lipinski definition) is 5. The quantitative estimate of drug-likeness (QED) is 0.238. The molecule has 0 saturated heterocycles. The van der Waals surface area contributed by atoms with Gasteiger partial charge in [0.1, 0.15) is 22.4 Å². The van der Waals surface area contributed by atoms with Crippen molar-refractivity contribution in [2.24, 2.45) is 5.92 Å². The third-order valence-electron chi connectivity index (χ3n) is 6.97. The van der Waals surface area contributed by atoms with Crippen LogP contribution in [0.25, 0.3) is 20.8 Å². The van der Waals surface area contributed by atoms with Crippen molar-refractivity contribution in [3.05, 3.63) is 23.7 Å². The molecule has 1 aliphatic rings. The summed E-state index contributed by atoms with van der Waals surface area (Å²) in [4.78, 5) is 18.6. The summed E-state index contributed by atoms with van der Waals surface area (Å²) < 4.78 is 32.7. The van der Waals surface area contributed by atoms with Gasteiger partial charge in [0.15, 0.2) is 0 Å². The Bertz CT molecular complexity index is 1450. The first-order valence-electron chi connectivity index (χ1n) is 12.7. The molecule has 0 amide bonds. The van der Waals surface area contributed by atoms with Crippen molar-refractivity contribution in [3.63, 3.8) is 0 Å². The van der Waals surface area contributed by atoms with Gasteiger partial charge in [-0.25, -0.2) is 23.1 Å². The molecule has 1 aliphatic carbocycles. The van der Waals surface area contributed by atoms with Gasteiger partial charge in [0, 0.05) is 30.8 Å². The van der Waals surface area contributed by atoms with Gasteiger partial charge < -0.3 is 25.6 Å². The maximum absolute atomic E-state index is 12.0. The van der Waals surface area contributed by atoms with Crippen molar-refractivity contribution >= 4 is 43.3 Å². The predicted molar refractivity (Wildman–Crippen MR) is 152 cm³/mol. The number of anilines is 2. The number of nitrogens with zero attached hydrogens (tertiary/aromatic N) is 4. The van der Waals surface area contributed by atoms with Crippen LogP contribution in [0.1, 0.15) is 38.6 Å². The molecule has 0 unspecified atom stereocenters. The van der Waals surface area contributed by atoms with Crippen LogP contribution < -0.4 is 15.4 Å². The summed E-state index contributed by atoms with van der Waals surface area (Å²) in [6, 6.07) is 1.24. The van der Waals surface area contributed by atoms with E-state index in [9.17, 15) is 18.6 Å². The summed E-state index contributed by atoms with van der Waals surface area (Å²) >= 11 is 1.49. The molecule has 0 aromatic carbocycles. The second kappa shape index (κ2) is 11.2. The Morgan fingerprint density at radius 2 is 1.90 bits per heavy atom. The number of fused-ring (bicyclic) bond motifs is 1. The van der Waals surface area contributed by atoms with Gasteiger partial charge in [0.05, 0.1) is 46.7 Å². The first-order chi connectivity index (χ1) is 18.2. The number of ether oxygens (including phenoxy) is 1. The van der Waals surface area contributed by atoms with Crippen LogP contribution in [0.4, 0.5) is 11.8 Å². The van der Waals surface area contributed by atoms with Gasteiger partial charge in [-0.1, -0.05) is 0 Å². The van der Waals surface area contributed by atoms with Gasteiger partial charge in [-0.3, -0.25) is 4.98 Å². The zero-order chi connectivity index (χ0) is 28.7. The molecule has 0 bridgehead atoms. The first kappa shape index (κ1) is 29.5. The molecule has 214 valence electrons. The maximum atomic E-state index is 12.0. The molecular formula is C25H37N7O5S2. The van der Waals surface area contributed by atoms with Gasteiger partial charge in [-0.15, -0.1) is 11.3 Å². The number of rotatable bonds is 10. The average Bonchev–Trinajstić information content (AvgIpc) is 3.35. The summed E-state index contributed by atoms with van der Waals surface area (Å²) in [5.41, 5.74) is 1.97. The average molecular weight is 580 g/mol. The second-order valence-electron chi connectivity index (χ2n) is 10.8. The first-order valence-corrected chi connectivity index (χ1v) is 15.4. The molecule has 14 heteroatoms. The molecule has 3 heterocycles. The number of nitrogens with one attached hydrogen (secondary N) is 3. The number of pyridine rings is 1. The molecule has 1 fully saturated rings. The van der Waals surface area contributed by atoms with Crippen molar-refractivity contribution in [2.45, 2.75) is 70.9 Å². The van der Waals surface area contributed by atoms with Gasteiger partial charge >= 0.3 is 0 Å². The Kier molecular flexibility index (Phi) is 8.45. The van der Waals surface area contributed by atoms with Crippen LogP contribution in [0.3, 0.4) is 0 Å². The number of aliphatic hydroxyl groups excluding tert-OH is 2. The lowest BCUT2D eigenvalue weighted by atomic mass is 9.85. The molecule has 12 nitrogen and oxygen atoms in total. The van der Waals surface area contributed by atoms with Crippen LogP contribution in [0, 0.1) is 19.8 Å². The zero-order valence-corrected chi connectivity index (χ0v) is 24.8. The number of methoxy groups -OCH3 is 1. The molecule has 4 rings (SSSR count). The SMILES string of the molecule is COC[C@@H](C)Nc1nc(C)c(-c2nc3c(C)nccc3s2)c(N[C@@H]2C[C@H](C(C)(C)NS(C)(=O)=O)[C@@H](O)[C@H]2O)n1. The van der Waals surface area contributed by atoms with E-state index in [1.54, 1.807) is 27.2 Å². The number of thiazole rings is 1. The fourth-order valence-corrected chi connectivity index (χ4v) is 7.44. The van der Waals surface area contributed by atoms with E-state index < -0.39 is 39.7 Å². The second-order valence-corrected chi connectivity index (χ2v) is 13.6. The highest BCUT2D eigenvalue weighted by atomic mass is 32.2. The van der Waals surface area contributed by atoms with E-state index in [1.165, 1.54) is 11.3 Å². The molecule has 5 atom stereocenters. The van der Waals surface area contributed by atoms with E-state index in [1.807, 2.05) is 26.8 Å². The summed E-state index contributed by atoms with van der Waals surface area (Å²) in [7, 11) is -1.92. The highest BCUT2D eigenvalue weighted by Gasteiger charge is 2.49. The molecule has 5 N–H and O–H groups in total. The van der Waals surface area contributed by atoms with Gasteiger partial charge in [-0.2, -0.15) is 4.98 Å². The van der Waals surface area contributed by atoms with Gasteiger partial charge in [0.2, 0.25) is 16.0 Å². The van der Waals surface area contributed by atoms with Gasteiger partial charge in [-0.05, 0) is 47.1 Å². The van der Waals surface area contributed by atoms with E-state index >= 15 is 0 Å². The largest absolute Gasteiger partial charge is 0.390 e. The number of aryl methyl sites for hydroxylation is 2. The van der Waals surface area contributed by atoms with E-state index in [-0.39, 0.29) is 6.04 Å². The lowest BCUT2D eigenvalue weighted by molar-refractivity contribution is 0.000720. The molecule has 0 aliphatic heterocycles. The van der Waals surface area contributed by atoms with Crippen LogP contribution in [0.15, 0.2) is 12.3 Å². The molecule has 39 heavy (non-hydrogen) atoms. The minimum Gasteiger partial charge on any atom is -0.390 e. The third-order valence-corrected chi connectivity index (χ3v) is 8.90.